The number of nitrogens with one attached hydrogen (secondary N) is 2. The minimum atomic E-state index is -0.263. The number of H-pyrrole nitrogens is 1. The van der Waals surface area contributed by atoms with Gasteiger partial charge in [0.1, 0.15) is 12.2 Å². The fourth-order valence-electron chi connectivity index (χ4n) is 1.55. The largest absolute Gasteiger partial charge is 0.397 e. The molecule has 4 N–H and O–H groups in total. The van der Waals surface area contributed by atoms with Crippen LogP contribution in [0.4, 0.5) is 5.69 Å². The number of aryl methyl sites for hydroxylation is 1. The Hall–Kier alpha value is -2.44. The molecule has 0 fully saturated rings. The topological polar surface area (TPSA) is 110 Å². The summed E-state index contributed by atoms with van der Waals surface area (Å²) in [4.78, 5) is 20.1. The van der Waals surface area contributed by atoms with Crippen LogP contribution < -0.4 is 11.1 Å². The first kappa shape index (κ1) is 12.0. The van der Waals surface area contributed by atoms with Crippen molar-refractivity contribution in [3.05, 3.63) is 35.7 Å². The van der Waals surface area contributed by atoms with Crippen LogP contribution in [-0.2, 0) is 0 Å². The number of nitrogens with two attached hydrogens (primary N) is 1. The van der Waals surface area contributed by atoms with Gasteiger partial charge in [-0.1, -0.05) is 0 Å². The summed E-state index contributed by atoms with van der Waals surface area (Å²) in [5.41, 5.74) is 7.17. The Labute approximate surface area is 104 Å². The quantitative estimate of drug-likeness (QED) is 0.733. The molecule has 7 nitrogen and oxygen atoms in total. The zero-order valence-electron chi connectivity index (χ0n) is 10.1. The number of hydrogen-bond acceptors (Lipinski definition) is 5. The van der Waals surface area contributed by atoms with Crippen LogP contribution in [0.15, 0.2) is 18.6 Å². The Kier molecular flexibility index (Phi) is 3.22. The van der Waals surface area contributed by atoms with Crippen molar-refractivity contribution in [1.82, 2.24) is 25.5 Å². The van der Waals surface area contributed by atoms with Gasteiger partial charge in [0.2, 0.25) is 0 Å². The first-order valence-corrected chi connectivity index (χ1v) is 5.46. The van der Waals surface area contributed by atoms with Crippen molar-refractivity contribution < 1.29 is 4.79 Å². The predicted octanol–water partition coefficient (Wildman–Crippen LogP) is 0.581. The minimum Gasteiger partial charge on any atom is -0.397 e. The molecule has 0 aromatic carbocycles. The van der Waals surface area contributed by atoms with Crippen LogP contribution in [0.5, 0.6) is 0 Å². The average molecular weight is 246 g/mol. The highest BCUT2D eigenvalue weighted by Crippen LogP contribution is 2.12. The molecular formula is C11H14N6O. The van der Waals surface area contributed by atoms with Gasteiger partial charge in [-0.05, 0) is 19.9 Å². The summed E-state index contributed by atoms with van der Waals surface area (Å²) in [6, 6.07) is 1.34. The molecule has 2 aromatic heterocycles. The number of pyridine rings is 1. The van der Waals surface area contributed by atoms with Gasteiger partial charge in [-0.15, -0.1) is 0 Å². The van der Waals surface area contributed by atoms with Gasteiger partial charge >= 0.3 is 0 Å². The molecule has 0 saturated heterocycles. The molecule has 0 aliphatic carbocycles. The monoisotopic (exact) mass is 246 g/mol. The number of aromatic amines is 1. The molecule has 1 atom stereocenters. The van der Waals surface area contributed by atoms with E-state index in [0.29, 0.717) is 22.8 Å². The normalized spacial score (nSPS) is 12.1. The van der Waals surface area contributed by atoms with Crippen molar-refractivity contribution >= 4 is 11.6 Å². The Morgan fingerprint density at radius 2 is 2.28 bits per heavy atom. The second-order valence-electron chi connectivity index (χ2n) is 3.97. The third kappa shape index (κ3) is 2.45. The van der Waals surface area contributed by atoms with Gasteiger partial charge in [0.25, 0.3) is 5.91 Å². The summed E-state index contributed by atoms with van der Waals surface area (Å²) in [6.45, 7) is 3.57. The number of carbonyl (C=O) groups excluding carboxylic acids is 1. The number of anilines is 1. The predicted molar refractivity (Wildman–Crippen MR) is 65.7 cm³/mol. The second-order valence-corrected chi connectivity index (χ2v) is 3.97. The lowest BCUT2D eigenvalue weighted by molar-refractivity contribution is 0.0937. The lowest BCUT2D eigenvalue weighted by Gasteiger charge is -2.12. The van der Waals surface area contributed by atoms with Crippen LogP contribution in [-0.4, -0.2) is 26.1 Å². The third-order valence-electron chi connectivity index (χ3n) is 2.54. The molecule has 18 heavy (non-hydrogen) atoms. The summed E-state index contributed by atoms with van der Waals surface area (Å²) in [5.74, 6) is 0.356. The van der Waals surface area contributed by atoms with E-state index in [-0.39, 0.29) is 11.9 Å². The summed E-state index contributed by atoms with van der Waals surface area (Å²) in [6.07, 6.45) is 2.91. The molecule has 1 amide bonds. The molecule has 0 radical (unpaired) electrons. The number of amides is 1. The Morgan fingerprint density at radius 1 is 1.50 bits per heavy atom. The van der Waals surface area contributed by atoms with Gasteiger partial charge in [-0.25, -0.2) is 4.98 Å². The number of rotatable bonds is 3. The van der Waals surface area contributed by atoms with Crippen molar-refractivity contribution in [2.75, 3.05) is 5.73 Å². The zero-order valence-corrected chi connectivity index (χ0v) is 10.1. The molecule has 7 heteroatoms. The molecule has 0 spiro atoms. The van der Waals surface area contributed by atoms with Crippen LogP contribution in [0.3, 0.4) is 0 Å². The highest BCUT2D eigenvalue weighted by atomic mass is 16.1. The van der Waals surface area contributed by atoms with Crippen LogP contribution in [0, 0.1) is 6.92 Å². The van der Waals surface area contributed by atoms with Crippen molar-refractivity contribution in [2.24, 2.45) is 0 Å². The van der Waals surface area contributed by atoms with Crippen LogP contribution >= 0.6 is 0 Å². The van der Waals surface area contributed by atoms with Crippen molar-refractivity contribution in [3.63, 3.8) is 0 Å². The van der Waals surface area contributed by atoms with Gasteiger partial charge < -0.3 is 11.1 Å². The molecule has 0 saturated carbocycles. The molecule has 2 aromatic rings. The Morgan fingerprint density at radius 3 is 2.94 bits per heavy atom. The molecule has 94 valence electrons. The van der Waals surface area contributed by atoms with Crippen molar-refractivity contribution in [1.29, 1.82) is 0 Å². The van der Waals surface area contributed by atoms with Crippen LogP contribution in [0.2, 0.25) is 0 Å². The number of carbonyl (C=O) groups is 1. The summed E-state index contributed by atoms with van der Waals surface area (Å²) in [7, 11) is 0. The summed E-state index contributed by atoms with van der Waals surface area (Å²) in [5, 5.41) is 9.24. The number of hydrogen-bond donors (Lipinski definition) is 3. The molecule has 2 rings (SSSR count). The molecule has 0 aliphatic heterocycles. The van der Waals surface area contributed by atoms with E-state index >= 15 is 0 Å². The standard InChI is InChI=1S/C11H14N6O/c1-6-9(3-8(12)4-13-6)11(18)16-7(2)10-14-5-15-17-10/h3-5,7H,12H2,1-2H3,(H,16,18)(H,14,15,17). The molecule has 1 unspecified atom stereocenters. The van der Waals surface area contributed by atoms with E-state index in [2.05, 4.69) is 25.5 Å². The molecular weight excluding hydrogens is 232 g/mol. The number of aromatic nitrogens is 4. The van der Waals surface area contributed by atoms with E-state index < -0.39 is 0 Å². The lowest BCUT2D eigenvalue weighted by atomic mass is 10.1. The fraction of sp³-hybridized carbons (Fsp3) is 0.273. The van der Waals surface area contributed by atoms with Gasteiger partial charge in [0.15, 0.2) is 0 Å². The minimum absolute atomic E-state index is 0.240. The van der Waals surface area contributed by atoms with Gasteiger partial charge in [-0.3, -0.25) is 14.9 Å². The third-order valence-corrected chi connectivity index (χ3v) is 2.54. The van der Waals surface area contributed by atoms with E-state index in [4.69, 9.17) is 5.73 Å². The van der Waals surface area contributed by atoms with Crippen molar-refractivity contribution in [2.45, 2.75) is 19.9 Å². The first-order valence-electron chi connectivity index (χ1n) is 5.46. The molecule has 2 heterocycles. The highest BCUT2D eigenvalue weighted by molar-refractivity contribution is 5.96. The average Bonchev–Trinajstić information content (AvgIpc) is 2.85. The number of nitrogen functional groups attached to an aromatic ring is 1. The van der Waals surface area contributed by atoms with E-state index in [1.807, 2.05) is 6.92 Å². The van der Waals surface area contributed by atoms with Crippen LogP contribution in [0.1, 0.15) is 34.8 Å². The van der Waals surface area contributed by atoms with E-state index in [1.165, 1.54) is 12.5 Å². The van der Waals surface area contributed by atoms with Gasteiger partial charge in [-0.2, -0.15) is 5.10 Å². The molecule has 0 aliphatic rings. The van der Waals surface area contributed by atoms with E-state index in [9.17, 15) is 4.79 Å². The van der Waals surface area contributed by atoms with Gasteiger partial charge in [0.05, 0.1) is 29.2 Å². The molecule has 0 bridgehead atoms. The maximum Gasteiger partial charge on any atom is 0.253 e. The Bertz CT molecular complexity index is 551. The summed E-state index contributed by atoms with van der Waals surface area (Å²) < 4.78 is 0. The van der Waals surface area contributed by atoms with Crippen molar-refractivity contribution in [3.8, 4) is 0 Å². The zero-order chi connectivity index (χ0) is 13.1. The summed E-state index contributed by atoms with van der Waals surface area (Å²) >= 11 is 0. The fourth-order valence-corrected chi connectivity index (χ4v) is 1.55. The maximum absolute atomic E-state index is 12.1. The lowest BCUT2D eigenvalue weighted by Crippen LogP contribution is -2.28. The van der Waals surface area contributed by atoms with Gasteiger partial charge in [0, 0.05) is 0 Å². The van der Waals surface area contributed by atoms with Crippen LogP contribution in [0.25, 0.3) is 0 Å². The second kappa shape index (κ2) is 4.82. The maximum atomic E-state index is 12.1. The SMILES string of the molecule is Cc1ncc(N)cc1C(=O)NC(C)c1ncn[nH]1. The Balaban J connectivity index is 2.15. The smallest absolute Gasteiger partial charge is 0.253 e. The number of nitrogens with zero attached hydrogens (tertiary/aromatic N) is 3. The van der Waals surface area contributed by atoms with E-state index in [1.54, 1.807) is 13.0 Å². The van der Waals surface area contributed by atoms with E-state index in [0.717, 1.165) is 0 Å². The highest BCUT2D eigenvalue weighted by Gasteiger charge is 2.15. The first-order chi connectivity index (χ1) is 8.58.